The summed E-state index contributed by atoms with van der Waals surface area (Å²) in [6.45, 7) is 11.6. The molecule has 0 saturated carbocycles. The van der Waals surface area contributed by atoms with E-state index in [0.717, 1.165) is 0 Å². The monoisotopic (exact) mass is 314 g/mol. The SMILES string of the molecule is CCCCC1=C(CCCC)N(C(C)C)C(C)N1c1ccccc1. The average Bonchev–Trinajstić information content (AvgIpc) is 2.83. The van der Waals surface area contributed by atoms with Gasteiger partial charge in [0.05, 0.1) is 0 Å². The number of nitrogens with zero attached hydrogens (tertiary/aromatic N) is 2. The van der Waals surface area contributed by atoms with Crippen LogP contribution in [0.3, 0.4) is 0 Å². The predicted octanol–water partition coefficient (Wildman–Crippen LogP) is 6.16. The number of rotatable bonds is 8. The summed E-state index contributed by atoms with van der Waals surface area (Å²) < 4.78 is 0. The van der Waals surface area contributed by atoms with Crippen LogP contribution in [0.25, 0.3) is 0 Å². The van der Waals surface area contributed by atoms with Gasteiger partial charge in [-0.1, -0.05) is 44.9 Å². The van der Waals surface area contributed by atoms with Crippen molar-refractivity contribution in [2.45, 2.75) is 85.4 Å². The molecule has 1 heterocycles. The van der Waals surface area contributed by atoms with Gasteiger partial charge < -0.3 is 9.80 Å². The van der Waals surface area contributed by atoms with Crippen molar-refractivity contribution in [3.8, 4) is 0 Å². The van der Waals surface area contributed by atoms with E-state index in [1.54, 1.807) is 11.4 Å². The lowest BCUT2D eigenvalue weighted by Crippen LogP contribution is -2.41. The van der Waals surface area contributed by atoms with Gasteiger partial charge in [0.1, 0.15) is 6.17 Å². The maximum absolute atomic E-state index is 2.65. The molecule has 1 unspecified atom stereocenters. The lowest BCUT2D eigenvalue weighted by molar-refractivity contribution is 0.234. The zero-order valence-electron chi connectivity index (χ0n) is 15.7. The molecule has 1 aromatic rings. The van der Waals surface area contributed by atoms with Crippen LogP contribution >= 0.6 is 0 Å². The highest BCUT2D eigenvalue weighted by Crippen LogP contribution is 2.39. The molecule has 0 N–H and O–H groups in total. The molecule has 2 rings (SSSR count). The third-order valence-corrected chi connectivity index (χ3v) is 4.84. The second-order valence-electron chi connectivity index (χ2n) is 6.94. The van der Waals surface area contributed by atoms with Gasteiger partial charge >= 0.3 is 0 Å². The summed E-state index contributed by atoms with van der Waals surface area (Å²) in [4.78, 5) is 5.23. The fraction of sp³-hybridized carbons (Fsp3) is 0.619. The fourth-order valence-corrected chi connectivity index (χ4v) is 3.79. The van der Waals surface area contributed by atoms with E-state index >= 15 is 0 Å². The predicted molar refractivity (Wildman–Crippen MR) is 101 cm³/mol. The molecule has 0 fully saturated rings. The first-order valence-electron chi connectivity index (χ1n) is 9.46. The summed E-state index contributed by atoms with van der Waals surface area (Å²) >= 11 is 0. The second kappa shape index (κ2) is 8.42. The summed E-state index contributed by atoms with van der Waals surface area (Å²) in [5.74, 6) is 0. The minimum atomic E-state index is 0.413. The topological polar surface area (TPSA) is 6.48 Å². The van der Waals surface area contributed by atoms with E-state index in [1.165, 1.54) is 44.2 Å². The van der Waals surface area contributed by atoms with E-state index in [1.807, 2.05) is 0 Å². The molecule has 2 nitrogen and oxygen atoms in total. The average molecular weight is 315 g/mol. The highest BCUT2D eigenvalue weighted by Gasteiger charge is 2.36. The summed E-state index contributed by atoms with van der Waals surface area (Å²) in [5, 5.41) is 0. The standard InChI is InChI=1S/C21H34N2/c1-6-8-15-20-21(16-9-7-2)23(18(5)22(20)17(3)4)19-13-11-10-12-14-19/h10-14,17-18H,6-9,15-16H2,1-5H3. The van der Waals surface area contributed by atoms with Crippen molar-refractivity contribution in [3.63, 3.8) is 0 Å². The van der Waals surface area contributed by atoms with Gasteiger partial charge in [-0.25, -0.2) is 0 Å². The Kier molecular flexibility index (Phi) is 6.56. The van der Waals surface area contributed by atoms with Crippen LogP contribution < -0.4 is 4.90 Å². The van der Waals surface area contributed by atoms with Gasteiger partial charge in [-0.15, -0.1) is 0 Å². The van der Waals surface area contributed by atoms with Gasteiger partial charge in [-0.2, -0.15) is 0 Å². The zero-order chi connectivity index (χ0) is 16.8. The third kappa shape index (κ3) is 3.91. The smallest absolute Gasteiger partial charge is 0.103 e. The molecule has 2 heteroatoms. The maximum atomic E-state index is 2.65. The Morgan fingerprint density at radius 2 is 1.48 bits per heavy atom. The van der Waals surface area contributed by atoms with Crippen LogP contribution in [0.1, 0.15) is 73.1 Å². The van der Waals surface area contributed by atoms with E-state index in [-0.39, 0.29) is 0 Å². The van der Waals surface area contributed by atoms with E-state index < -0.39 is 0 Å². The largest absolute Gasteiger partial charge is 0.351 e. The number of unbranched alkanes of at least 4 members (excludes halogenated alkanes) is 2. The van der Waals surface area contributed by atoms with Crippen molar-refractivity contribution in [2.24, 2.45) is 0 Å². The molecular formula is C21H34N2. The lowest BCUT2D eigenvalue weighted by atomic mass is 10.1. The van der Waals surface area contributed by atoms with Gasteiger partial charge in [0, 0.05) is 23.1 Å². The van der Waals surface area contributed by atoms with Crippen molar-refractivity contribution in [3.05, 3.63) is 41.7 Å². The first kappa shape index (κ1) is 17.9. The number of para-hydroxylation sites is 1. The van der Waals surface area contributed by atoms with Crippen LogP contribution in [0.4, 0.5) is 5.69 Å². The van der Waals surface area contributed by atoms with Crippen LogP contribution in [-0.2, 0) is 0 Å². The van der Waals surface area contributed by atoms with Gasteiger partial charge in [0.25, 0.3) is 0 Å². The molecule has 0 aromatic heterocycles. The molecule has 1 aromatic carbocycles. The molecule has 1 aliphatic heterocycles. The van der Waals surface area contributed by atoms with E-state index in [2.05, 4.69) is 74.8 Å². The van der Waals surface area contributed by atoms with Crippen molar-refractivity contribution in [1.29, 1.82) is 0 Å². The summed E-state index contributed by atoms with van der Waals surface area (Å²) in [6, 6.07) is 11.5. The lowest BCUT2D eigenvalue weighted by Gasteiger charge is -2.35. The molecule has 0 radical (unpaired) electrons. The quantitative estimate of drug-likeness (QED) is 0.567. The Bertz CT molecular complexity index is 504. The Morgan fingerprint density at radius 1 is 0.913 bits per heavy atom. The molecule has 0 aliphatic carbocycles. The van der Waals surface area contributed by atoms with Crippen molar-refractivity contribution in [2.75, 3.05) is 4.90 Å². The van der Waals surface area contributed by atoms with Gasteiger partial charge in [-0.3, -0.25) is 0 Å². The first-order chi connectivity index (χ1) is 11.1. The molecule has 1 aliphatic rings. The Hall–Kier alpha value is -1.44. The normalized spacial score (nSPS) is 18.4. The molecule has 0 spiro atoms. The molecule has 128 valence electrons. The Morgan fingerprint density at radius 3 is 2.00 bits per heavy atom. The molecule has 23 heavy (non-hydrogen) atoms. The molecule has 0 amide bonds. The summed E-state index contributed by atoms with van der Waals surface area (Å²) in [7, 11) is 0. The molecule has 0 saturated heterocycles. The van der Waals surface area contributed by atoms with Gasteiger partial charge in [0.2, 0.25) is 0 Å². The number of anilines is 1. The first-order valence-corrected chi connectivity index (χ1v) is 9.46. The Labute approximate surface area is 143 Å². The number of hydrogen-bond donors (Lipinski definition) is 0. The number of allylic oxidation sites excluding steroid dienone is 2. The highest BCUT2D eigenvalue weighted by molar-refractivity contribution is 5.56. The van der Waals surface area contributed by atoms with Crippen molar-refractivity contribution in [1.82, 2.24) is 4.90 Å². The van der Waals surface area contributed by atoms with E-state index in [9.17, 15) is 0 Å². The number of benzene rings is 1. The van der Waals surface area contributed by atoms with Crippen molar-refractivity contribution >= 4 is 5.69 Å². The van der Waals surface area contributed by atoms with Crippen LogP contribution in [0.5, 0.6) is 0 Å². The van der Waals surface area contributed by atoms with Crippen LogP contribution in [0.15, 0.2) is 41.7 Å². The molecular weight excluding hydrogens is 280 g/mol. The zero-order valence-corrected chi connectivity index (χ0v) is 15.7. The van der Waals surface area contributed by atoms with E-state index in [4.69, 9.17) is 0 Å². The fourth-order valence-electron chi connectivity index (χ4n) is 3.79. The van der Waals surface area contributed by atoms with Crippen LogP contribution in [0.2, 0.25) is 0 Å². The summed E-state index contributed by atoms with van der Waals surface area (Å²) in [5.41, 5.74) is 4.49. The van der Waals surface area contributed by atoms with E-state index in [0.29, 0.717) is 12.2 Å². The number of hydrogen-bond acceptors (Lipinski definition) is 2. The molecule has 0 bridgehead atoms. The third-order valence-electron chi connectivity index (χ3n) is 4.84. The molecule has 1 atom stereocenters. The van der Waals surface area contributed by atoms with Gasteiger partial charge in [0.15, 0.2) is 0 Å². The second-order valence-corrected chi connectivity index (χ2v) is 6.94. The van der Waals surface area contributed by atoms with Crippen LogP contribution in [0, 0.1) is 0 Å². The highest BCUT2D eigenvalue weighted by atomic mass is 15.4. The summed E-state index contributed by atoms with van der Waals surface area (Å²) in [6.07, 6.45) is 7.88. The minimum Gasteiger partial charge on any atom is -0.351 e. The maximum Gasteiger partial charge on any atom is 0.103 e. The Balaban J connectivity index is 2.43. The van der Waals surface area contributed by atoms with Crippen molar-refractivity contribution < 1.29 is 0 Å². The van der Waals surface area contributed by atoms with Gasteiger partial charge in [-0.05, 0) is 58.6 Å². The van der Waals surface area contributed by atoms with Crippen LogP contribution in [-0.4, -0.2) is 17.1 Å². The minimum absolute atomic E-state index is 0.413.